The number of nitrogens with zero attached hydrogens (tertiary/aromatic N) is 4. The number of oxime groups is 1. The molecule has 0 bridgehead atoms. The lowest BCUT2D eigenvalue weighted by Crippen LogP contribution is -2.34. The normalized spacial score (nSPS) is 11.9. The van der Waals surface area contributed by atoms with E-state index in [4.69, 9.17) is 10.9 Å². The van der Waals surface area contributed by atoms with E-state index >= 15 is 0 Å². The number of hydrogen-bond acceptors (Lipinski definition) is 5. The zero-order valence-electron chi connectivity index (χ0n) is 10.5. The highest BCUT2D eigenvalue weighted by molar-refractivity contribution is 5.80. The predicted octanol–water partition coefficient (Wildman–Crippen LogP) is 1.14. The van der Waals surface area contributed by atoms with E-state index in [-0.39, 0.29) is 11.9 Å². The van der Waals surface area contributed by atoms with Crippen LogP contribution in [0.15, 0.2) is 17.4 Å². The molecule has 6 heteroatoms. The van der Waals surface area contributed by atoms with Gasteiger partial charge in [-0.25, -0.2) is 9.97 Å². The van der Waals surface area contributed by atoms with Crippen molar-refractivity contribution in [2.75, 3.05) is 11.4 Å². The average molecular weight is 237 g/mol. The molecule has 0 amide bonds. The molecule has 1 heterocycles. The van der Waals surface area contributed by atoms with Gasteiger partial charge in [0.15, 0.2) is 0 Å². The lowest BCUT2D eigenvalue weighted by atomic mass is 10.2. The molecule has 6 nitrogen and oxygen atoms in total. The van der Waals surface area contributed by atoms with E-state index in [1.54, 1.807) is 6.20 Å². The van der Waals surface area contributed by atoms with Gasteiger partial charge in [0.05, 0.1) is 0 Å². The number of hydrogen-bond donors (Lipinski definition) is 2. The fourth-order valence-corrected chi connectivity index (χ4v) is 1.53. The summed E-state index contributed by atoms with van der Waals surface area (Å²) in [6.07, 6.45) is 2.23. The Kier molecular flexibility index (Phi) is 4.68. The molecule has 1 aromatic heterocycles. The Morgan fingerprint density at radius 2 is 2.29 bits per heavy atom. The first kappa shape index (κ1) is 13.2. The van der Waals surface area contributed by atoms with Gasteiger partial charge in [0.1, 0.15) is 17.5 Å². The lowest BCUT2D eigenvalue weighted by Gasteiger charge is -2.27. The summed E-state index contributed by atoms with van der Waals surface area (Å²) >= 11 is 0. The van der Waals surface area contributed by atoms with Crippen LogP contribution in [0.2, 0.25) is 0 Å². The van der Waals surface area contributed by atoms with Crippen LogP contribution in [0.1, 0.15) is 26.1 Å². The predicted molar refractivity (Wildman–Crippen MR) is 67.3 cm³/mol. The smallest absolute Gasteiger partial charge is 0.140 e. The Hall–Kier alpha value is -1.85. The number of rotatable bonds is 5. The Morgan fingerprint density at radius 1 is 1.59 bits per heavy atom. The number of amidine groups is 1. The quantitative estimate of drug-likeness (QED) is 0.347. The van der Waals surface area contributed by atoms with E-state index in [1.165, 1.54) is 0 Å². The molecule has 0 aromatic carbocycles. The number of aromatic nitrogens is 2. The molecule has 1 rings (SSSR count). The van der Waals surface area contributed by atoms with Crippen molar-refractivity contribution in [2.45, 2.75) is 33.2 Å². The number of aryl methyl sites for hydroxylation is 1. The molecule has 0 saturated heterocycles. The third kappa shape index (κ3) is 3.90. The third-order valence-corrected chi connectivity index (χ3v) is 2.42. The van der Waals surface area contributed by atoms with Gasteiger partial charge in [0, 0.05) is 25.2 Å². The lowest BCUT2D eigenvalue weighted by molar-refractivity contribution is 0.317. The zero-order valence-corrected chi connectivity index (χ0v) is 10.5. The fourth-order valence-electron chi connectivity index (χ4n) is 1.53. The summed E-state index contributed by atoms with van der Waals surface area (Å²) in [5.74, 6) is 1.82. The number of anilines is 1. The van der Waals surface area contributed by atoms with Crippen molar-refractivity contribution in [1.29, 1.82) is 0 Å². The van der Waals surface area contributed by atoms with Crippen LogP contribution in [0.4, 0.5) is 5.82 Å². The van der Waals surface area contributed by atoms with Crippen molar-refractivity contribution < 1.29 is 5.21 Å². The van der Waals surface area contributed by atoms with Gasteiger partial charge >= 0.3 is 0 Å². The van der Waals surface area contributed by atoms with Crippen LogP contribution < -0.4 is 10.6 Å². The van der Waals surface area contributed by atoms with Gasteiger partial charge in [-0.2, -0.15) is 0 Å². The molecule has 3 N–H and O–H groups in total. The molecule has 0 aliphatic rings. The Balaban J connectivity index is 2.79. The molecular weight excluding hydrogens is 218 g/mol. The Morgan fingerprint density at radius 3 is 2.82 bits per heavy atom. The molecule has 0 atom stereocenters. The van der Waals surface area contributed by atoms with Crippen molar-refractivity contribution in [2.24, 2.45) is 10.9 Å². The highest BCUT2D eigenvalue weighted by atomic mass is 16.4. The van der Waals surface area contributed by atoms with Crippen LogP contribution >= 0.6 is 0 Å². The van der Waals surface area contributed by atoms with Crippen molar-refractivity contribution >= 4 is 11.7 Å². The fraction of sp³-hybridized carbons (Fsp3) is 0.545. The maximum Gasteiger partial charge on any atom is 0.140 e. The molecule has 1 aromatic rings. The summed E-state index contributed by atoms with van der Waals surface area (Å²) in [6, 6.07) is 2.15. The largest absolute Gasteiger partial charge is 0.409 e. The van der Waals surface area contributed by atoms with E-state index < -0.39 is 0 Å². The topological polar surface area (TPSA) is 87.6 Å². The van der Waals surface area contributed by atoms with Crippen molar-refractivity contribution in [3.63, 3.8) is 0 Å². The van der Waals surface area contributed by atoms with Crippen LogP contribution in [0, 0.1) is 6.92 Å². The molecule has 0 aliphatic heterocycles. The van der Waals surface area contributed by atoms with E-state index in [0.717, 1.165) is 11.6 Å². The van der Waals surface area contributed by atoms with Gasteiger partial charge in [-0.15, -0.1) is 0 Å². The minimum Gasteiger partial charge on any atom is -0.409 e. The van der Waals surface area contributed by atoms with Gasteiger partial charge < -0.3 is 15.8 Å². The molecule has 0 saturated carbocycles. The summed E-state index contributed by atoms with van der Waals surface area (Å²) in [5.41, 5.74) is 5.47. The van der Waals surface area contributed by atoms with E-state index in [2.05, 4.69) is 33.9 Å². The van der Waals surface area contributed by atoms with Crippen LogP contribution in [-0.2, 0) is 0 Å². The van der Waals surface area contributed by atoms with Crippen molar-refractivity contribution in [3.05, 3.63) is 18.1 Å². The first-order chi connectivity index (χ1) is 8.04. The second-order valence-corrected chi connectivity index (χ2v) is 4.09. The minimum atomic E-state index is 0.224. The zero-order chi connectivity index (χ0) is 12.8. The van der Waals surface area contributed by atoms with Gasteiger partial charge in [0.2, 0.25) is 0 Å². The standard InChI is InChI=1S/C11H19N5O/c1-8(2)16(7-5-10(12)15-17)11-4-6-13-9(3)14-11/h4,6,8,17H,5,7H2,1-3H3,(H2,12,15). The Labute approximate surface area is 101 Å². The second kappa shape index (κ2) is 6.03. The monoisotopic (exact) mass is 237 g/mol. The van der Waals surface area contributed by atoms with Crippen LogP contribution in [-0.4, -0.2) is 33.6 Å². The highest BCUT2D eigenvalue weighted by Crippen LogP contribution is 2.13. The van der Waals surface area contributed by atoms with Crippen LogP contribution in [0.5, 0.6) is 0 Å². The first-order valence-corrected chi connectivity index (χ1v) is 5.57. The summed E-state index contributed by atoms with van der Waals surface area (Å²) < 4.78 is 0. The molecule has 0 unspecified atom stereocenters. The van der Waals surface area contributed by atoms with Gasteiger partial charge in [-0.3, -0.25) is 0 Å². The number of nitrogens with two attached hydrogens (primary N) is 1. The Bertz CT molecular complexity index is 391. The summed E-state index contributed by atoms with van der Waals surface area (Å²) in [4.78, 5) is 10.5. The maximum absolute atomic E-state index is 8.52. The summed E-state index contributed by atoms with van der Waals surface area (Å²) in [5, 5.41) is 11.5. The second-order valence-electron chi connectivity index (χ2n) is 4.09. The molecule has 0 spiro atoms. The van der Waals surface area contributed by atoms with Gasteiger partial charge in [-0.05, 0) is 26.8 Å². The third-order valence-electron chi connectivity index (χ3n) is 2.42. The van der Waals surface area contributed by atoms with Crippen molar-refractivity contribution in [3.8, 4) is 0 Å². The molecule has 17 heavy (non-hydrogen) atoms. The van der Waals surface area contributed by atoms with E-state index in [1.807, 2.05) is 13.0 Å². The van der Waals surface area contributed by atoms with Crippen LogP contribution in [0.25, 0.3) is 0 Å². The van der Waals surface area contributed by atoms with Crippen molar-refractivity contribution in [1.82, 2.24) is 9.97 Å². The molecule has 0 aliphatic carbocycles. The molecule has 0 fully saturated rings. The minimum absolute atomic E-state index is 0.224. The molecule has 0 radical (unpaired) electrons. The van der Waals surface area contributed by atoms with Gasteiger partial charge in [0.25, 0.3) is 0 Å². The summed E-state index contributed by atoms with van der Waals surface area (Å²) in [7, 11) is 0. The van der Waals surface area contributed by atoms with E-state index in [0.29, 0.717) is 13.0 Å². The molecule has 94 valence electrons. The van der Waals surface area contributed by atoms with Gasteiger partial charge in [-0.1, -0.05) is 5.16 Å². The van der Waals surface area contributed by atoms with E-state index in [9.17, 15) is 0 Å². The first-order valence-electron chi connectivity index (χ1n) is 5.57. The maximum atomic E-state index is 8.52. The summed E-state index contributed by atoms with van der Waals surface area (Å²) in [6.45, 7) is 6.66. The van der Waals surface area contributed by atoms with Crippen LogP contribution in [0.3, 0.4) is 0 Å². The average Bonchev–Trinajstić information content (AvgIpc) is 2.28. The SMILES string of the molecule is Cc1nccc(N(CCC(N)=NO)C(C)C)n1. The highest BCUT2D eigenvalue weighted by Gasteiger charge is 2.12. The molecular formula is C11H19N5O.